The summed E-state index contributed by atoms with van der Waals surface area (Å²) in [5, 5.41) is 13.4. The summed E-state index contributed by atoms with van der Waals surface area (Å²) in [6, 6.07) is 0.263. The molecule has 0 amide bonds. The largest absolute Gasteiger partial charge is 0.356 e. The summed E-state index contributed by atoms with van der Waals surface area (Å²) in [4.78, 5) is 4.31. The number of nitrogens with one attached hydrogen (secondary N) is 1. The van der Waals surface area contributed by atoms with E-state index in [-0.39, 0.29) is 23.1 Å². The van der Waals surface area contributed by atoms with Crippen molar-refractivity contribution in [1.82, 2.24) is 15.1 Å². The molecule has 0 aliphatic carbocycles. The van der Waals surface area contributed by atoms with Crippen LogP contribution in [-0.2, 0) is 4.74 Å². The number of piperidine rings is 1. The zero-order valence-electron chi connectivity index (χ0n) is 13.3. The Hall–Kier alpha value is 0.0500. The topological polar surface area (TPSA) is 74.0 Å². The molecule has 6 nitrogen and oxygen atoms in total. The molecule has 2 aliphatic heterocycles. The molecule has 0 aromatic carbocycles. The number of halogens is 1. The van der Waals surface area contributed by atoms with Crippen LogP contribution in [0.15, 0.2) is 0 Å². The minimum Gasteiger partial charge on any atom is -0.356 e. The zero-order chi connectivity index (χ0) is 15.6. The van der Waals surface area contributed by atoms with E-state index in [0.717, 1.165) is 39.3 Å². The van der Waals surface area contributed by atoms with E-state index in [1.165, 1.54) is 0 Å². The van der Waals surface area contributed by atoms with E-state index in [2.05, 4.69) is 10.2 Å². The molecule has 2 fully saturated rings. The van der Waals surface area contributed by atoms with Crippen LogP contribution in [0.25, 0.3) is 0 Å². The fourth-order valence-electron chi connectivity index (χ4n) is 3.04. The highest BCUT2D eigenvalue weighted by Crippen LogP contribution is 2.20. The van der Waals surface area contributed by atoms with Crippen LogP contribution in [0.2, 0.25) is 0 Å². The van der Waals surface area contributed by atoms with Crippen molar-refractivity contribution < 1.29 is 9.84 Å². The number of hydrogen-bond donors (Lipinski definition) is 3. The highest BCUT2D eigenvalue weighted by atomic mass is 35.5. The Bertz CT molecular complexity index is 321. The van der Waals surface area contributed by atoms with E-state index >= 15 is 0 Å². The number of piperazine rings is 1. The summed E-state index contributed by atoms with van der Waals surface area (Å²) in [6.45, 7) is 10.7. The van der Waals surface area contributed by atoms with Gasteiger partial charge in [-0.1, -0.05) is 0 Å². The van der Waals surface area contributed by atoms with Crippen molar-refractivity contribution in [2.24, 2.45) is 5.73 Å². The van der Waals surface area contributed by atoms with E-state index in [4.69, 9.17) is 22.1 Å². The van der Waals surface area contributed by atoms with Gasteiger partial charge in [0.2, 0.25) is 6.41 Å². The molecule has 0 aromatic heterocycles. The molecular weight excluding hydrogens is 292 g/mol. The van der Waals surface area contributed by atoms with E-state index in [0.29, 0.717) is 0 Å². The van der Waals surface area contributed by atoms with Gasteiger partial charge in [-0.05, 0) is 20.8 Å². The molecule has 0 bridgehead atoms. The molecule has 124 valence electrons. The van der Waals surface area contributed by atoms with Crippen molar-refractivity contribution in [3.8, 4) is 0 Å². The van der Waals surface area contributed by atoms with Crippen molar-refractivity contribution >= 4 is 11.6 Å². The predicted octanol–water partition coefficient (Wildman–Crippen LogP) is -0.398. The lowest BCUT2D eigenvalue weighted by molar-refractivity contribution is -0.244. The first-order valence-corrected chi connectivity index (χ1v) is 8.16. The Kier molecular flexibility index (Phi) is 5.87. The molecule has 2 heterocycles. The van der Waals surface area contributed by atoms with Crippen LogP contribution in [0.5, 0.6) is 0 Å². The van der Waals surface area contributed by atoms with Gasteiger partial charge in [0.05, 0.1) is 11.0 Å². The lowest BCUT2D eigenvalue weighted by Gasteiger charge is -2.46. The van der Waals surface area contributed by atoms with Crippen LogP contribution >= 0.6 is 11.6 Å². The molecule has 4 unspecified atom stereocenters. The number of rotatable bonds is 3. The first-order chi connectivity index (χ1) is 9.78. The van der Waals surface area contributed by atoms with E-state index < -0.39 is 6.41 Å². The quantitative estimate of drug-likeness (QED) is 0.485. The number of aliphatic hydroxyl groups is 1. The molecule has 4 atom stereocenters. The molecule has 21 heavy (non-hydrogen) atoms. The fourth-order valence-corrected chi connectivity index (χ4v) is 3.50. The number of ether oxygens (including phenoxy) is 1. The normalized spacial score (nSPS) is 34.9. The molecule has 2 saturated heterocycles. The minimum absolute atomic E-state index is 0.0380. The molecule has 4 N–H and O–H groups in total. The van der Waals surface area contributed by atoms with Crippen LogP contribution in [0.4, 0.5) is 0 Å². The predicted molar refractivity (Wildman–Crippen MR) is 84.3 cm³/mol. The van der Waals surface area contributed by atoms with Gasteiger partial charge >= 0.3 is 0 Å². The second kappa shape index (κ2) is 7.08. The second-order valence-corrected chi connectivity index (χ2v) is 7.52. The monoisotopic (exact) mass is 320 g/mol. The van der Waals surface area contributed by atoms with Gasteiger partial charge < -0.3 is 20.9 Å². The summed E-state index contributed by atoms with van der Waals surface area (Å²) >= 11 is 6.43. The molecular formula is C14H29ClN4O2. The third kappa shape index (κ3) is 4.76. The number of nitrogens with zero attached hydrogens (tertiary/aromatic N) is 2. The van der Waals surface area contributed by atoms with Crippen molar-refractivity contribution in [3.63, 3.8) is 0 Å². The number of nitrogens with two attached hydrogens (primary N) is 1. The highest BCUT2D eigenvalue weighted by molar-refractivity contribution is 6.21. The summed E-state index contributed by atoms with van der Waals surface area (Å²) in [5.74, 6) is 0. The van der Waals surface area contributed by atoms with E-state index in [9.17, 15) is 5.11 Å². The van der Waals surface area contributed by atoms with Gasteiger partial charge in [0, 0.05) is 51.4 Å². The van der Waals surface area contributed by atoms with E-state index in [1.807, 2.05) is 25.7 Å². The van der Waals surface area contributed by atoms with Crippen LogP contribution in [0, 0.1) is 0 Å². The molecule has 7 heteroatoms. The zero-order valence-corrected chi connectivity index (χ0v) is 14.0. The van der Waals surface area contributed by atoms with Crippen molar-refractivity contribution in [2.45, 2.75) is 50.2 Å². The Morgan fingerprint density at radius 1 is 1.24 bits per heavy atom. The number of aliphatic hydroxyl groups excluding tert-OH is 1. The maximum absolute atomic E-state index is 10.1. The lowest BCUT2D eigenvalue weighted by atomic mass is 9.98. The van der Waals surface area contributed by atoms with Gasteiger partial charge in [0.25, 0.3) is 0 Å². The van der Waals surface area contributed by atoms with Crippen molar-refractivity contribution in [1.29, 1.82) is 0 Å². The van der Waals surface area contributed by atoms with Crippen molar-refractivity contribution in [2.75, 3.05) is 39.3 Å². The molecule has 0 radical (unpaired) electrons. The van der Waals surface area contributed by atoms with Gasteiger partial charge in [0.15, 0.2) is 0 Å². The Balaban J connectivity index is 1.85. The fraction of sp³-hybridized carbons (Fsp3) is 1.00. The van der Waals surface area contributed by atoms with Gasteiger partial charge in [0.1, 0.15) is 0 Å². The Labute approximate surface area is 132 Å². The highest BCUT2D eigenvalue weighted by Gasteiger charge is 2.37. The number of hydrogen-bond acceptors (Lipinski definition) is 6. The standard InChI is InChI=1S/C14H29ClN4O2/c1-14(2,3)21-13(20)19-6-4-18(5-7-19)12-10(15)8-17-9-11(12)16/h10-13,17,20H,4-9,16H2,1-3H3. The maximum atomic E-state index is 10.1. The SMILES string of the molecule is CC(C)(C)OC(O)N1CCN(C2C(N)CNCC2Cl)CC1. The average molecular weight is 321 g/mol. The molecule has 0 aromatic rings. The third-order valence-electron chi connectivity index (χ3n) is 4.07. The van der Waals surface area contributed by atoms with Gasteiger partial charge in [-0.15, -0.1) is 11.6 Å². The first-order valence-electron chi connectivity index (χ1n) is 7.72. The number of alkyl halides is 1. The van der Waals surface area contributed by atoms with Gasteiger partial charge in [-0.25, -0.2) is 0 Å². The minimum atomic E-state index is -0.847. The summed E-state index contributed by atoms with van der Waals surface area (Å²) < 4.78 is 5.60. The molecule has 0 spiro atoms. The van der Waals surface area contributed by atoms with Crippen LogP contribution in [0.3, 0.4) is 0 Å². The lowest BCUT2D eigenvalue weighted by Crippen LogP contribution is -2.65. The maximum Gasteiger partial charge on any atom is 0.216 e. The average Bonchev–Trinajstić information content (AvgIpc) is 2.37. The van der Waals surface area contributed by atoms with Gasteiger partial charge in [-0.2, -0.15) is 0 Å². The van der Waals surface area contributed by atoms with Gasteiger partial charge in [-0.3, -0.25) is 9.80 Å². The summed E-state index contributed by atoms with van der Waals surface area (Å²) in [6.07, 6.45) is -0.847. The third-order valence-corrected chi connectivity index (χ3v) is 4.48. The second-order valence-electron chi connectivity index (χ2n) is 6.96. The Morgan fingerprint density at radius 3 is 2.38 bits per heavy atom. The van der Waals surface area contributed by atoms with Crippen LogP contribution < -0.4 is 11.1 Å². The molecule has 0 saturated carbocycles. The smallest absolute Gasteiger partial charge is 0.216 e. The summed E-state index contributed by atoms with van der Waals surface area (Å²) in [7, 11) is 0. The van der Waals surface area contributed by atoms with Crippen LogP contribution in [0.1, 0.15) is 20.8 Å². The first kappa shape index (κ1) is 17.4. The van der Waals surface area contributed by atoms with Crippen LogP contribution in [-0.4, -0.2) is 83.7 Å². The Morgan fingerprint density at radius 2 is 1.86 bits per heavy atom. The van der Waals surface area contributed by atoms with E-state index in [1.54, 1.807) is 0 Å². The van der Waals surface area contributed by atoms with Crippen molar-refractivity contribution in [3.05, 3.63) is 0 Å². The molecule has 2 rings (SSSR count). The summed E-state index contributed by atoms with van der Waals surface area (Å²) in [5.41, 5.74) is 5.85. The molecule has 2 aliphatic rings.